The molecule has 0 radical (unpaired) electrons. The molecule has 0 aliphatic rings. The Hall–Kier alpha value is -3.14. The summed E-state index contributed by atoms with van der Waals surface area (Å²) in [6, 6.07) is 19.2. The molecular weight excluding hydrogens is 348 g/mol. The monoisotopic (exact) mass is 374 g/mol. The molecule has 28 heavy (non-hydrogen) atoms. The molecule has 0 aliphatic carbocycles. The maximum absolute atomic E-state index is 12.7. The van der Waals surface area contributed by atoms with Gasteiger partial charge in [0.1, 0.15) is 11.5 Å². The van der Waals surface area contributed by atoms with Crippen LogP contribution in [0.5, 0.6) is 11.5 Å². The Balaban J connectivity index is 1.76. The number of hydrogen-bond donors (Lipinski definition) is 1. The fourth-order valence-electron chi connectivity index (χ4n) is 3.09. The molecule has 3 rings (SSSR count). The molecule has 1 heterocycles. The molecule has 0 aliphatic heterocycles. The van der Waals surface area contributed by atoms with Gasteiger partial charge in [-0.1, -0.05) is 44.5 Å². The van der Waals surface area contributed by atoms with E-state index in [1.807, 2.05) is 68.4 Å². The number of carbonyl (C=O) groups is 1. The molecular formula is C24H26N2O2. The second-order valence-corrected chi connectivity index (χ2v) is 6.73. The number of anilines is 1. The van der Waals surface area contributed by atoms with Crippen molar-refractivity contribution in [3.8, 4) is 11.5 Å². The van der Waals surface area contributed by atoms with E-state index in [1.54, 1.807) is 0 Å². The third-order valence-electron chi connectivity index (χ3n) is 4.56. The molecule has 0 unspecified atom stereocenters. The molecule has 0 saturated heterocycles. The van der Waals surface area contributed by atoms with E-state index in [9.17, 15) is 4.79 Å². The summed E-state index contributed by atoms with van der Waals surface area (Å²) in [6.45, 7) is 6.06. The number of benzene rings is 2. The summed E-state index contributed by atoms with van der Waals surface area (Å²) in [7, 11) is 0. The minimum Gasteiger partial charge on any atom is -0.457 e. The highest BCUT2D eigenvalue weighted by atomic mass is 16.5. The van der Waals surface area contributed by atoms with Crippen LogP contribution in [-0.4, -0.2) is 10.9 Å². The first-order valence-corrected chi connectivity index (χ1v) is 9.74. The van der Waals surface area contributed by atoms with Gasteiger partial charge >= 0.3 is 0 Å². The second kappa shape index (κ2) is 9.18. The van der Waals surface area contributed by atoms with Crippen LogP contribution in [-0.2, 0) is 12.8 Å². The lowest BCUT2D eigenvalue weighted by atomic mass is 10.1. The number of rotatable bonds is 7. The first-order chi connectivity index (χ1) is 13.6. The van der Waals surface area contributed by atoms with E-state index >= 15 is 0 Å². The summed E-state index contributed by atoms with van der Waals surface area (Å²) in [5, 5.41) is 2.94. The molecule has 3 aromatic rings. The highest BCUT2D eigenvalue weighted by molar-refractivity contribution is 6.05. The largest absolute Gasteiger partial charge is 0.457 e. The van der Waals surface area contributed by atoms with Crippen molar-refractivity contribution in [3.05, 3.63) is 83.2 Å². The Morgan fingerprint density at radius 2 is 1.86 bits per heavy atom. The molecule has 0 spiro atoms. The summed E-state index contributed by atoms with van der Waals surface area (Å²) in [5.74, 6) is 1.37. The van der Waals surface area contributed by atoms with Gasteiger partial charge in [-0.3, -0.25) is 9.78 Å². The third-order valence-corrected chi connectivity index (χ3v) is 4.56. The van der Waals surface area contributed by atoms with Crippen LogP contribution in [0, 0.1) is 6.92 Å². The van der Waals surface area contributed by atoms with Gasteiger partial charge < -0.3 is 10.1 Å². The lowest BCUT2D eigenvalue weighted by molar-refractivity contribution is 0.102. The molecule has 0 bridgehead atoms. The normalized spacial score (nSPS) is 10.5. The van der Waals surface area contributed by atoms with Crippen molar-refractivity contribution in [3.63, 3.8) is 0 Å². The molecule has 4 nitrogen and oxygen atoms in total. The van der Waals surface area contributed by atoms with Gasteiger partial charge in [-0.2, -0.15) is 0 Å². The maximum Gasteiger partial charge on any atom is 0.257 e. The Bertz CT molecular complexity index is 966. The van der Waals surface area contributed by atoms with Crippen LogP contribution in [0.25, 0.3) is 0 Å². The van der Waals surface area contributed by atoms with E-state index in [0.717, 1.165) is 36.4 Å². The first kappa shape index (κ1) is 19.6. The van der Waals surface area contributed by atoms with Crippen molar-refractivity contribution in [1.29, 1.82) is 0 Å². The van der Waals surface area contributed by atoms with E-state index in [1.165, 1.54) is 5.56 Å². The van der Waals surface area contributed by atoms with Gasteiger partial charge in [-0.25, -0.2) is 0 Å². The maximum atomic E-state index is 12.7. The minimum absolute atomic E-state index is 0.170. The van der Waals surface area contributed by atoms with Gasteiger partial charge in [0.2, 0.25) is 0 Å². The molecule has 1 amide bonds. The van der Waals surface area contributed by atoms with Gasteiger partial charge in [-0.15, -0.1) is 0 Å². The van der Waals surface area contributed by atoms with Gasteiger partial charge in [0, 0.05) is 17.4 Å². The summed E-state index contributed by atoms with van der Waals surface area (Å²) in [5.41, 5.74) is 4.16. The number of carbonyl (C=O) groups excluding carboxylic acids is 1. The van der Waals surface area contributed by atoms with Crippen LogP contribution in [0.2, 0.25) is 0 Å². The van der Waals surface area contributed by atoms with Gasteiger partial charge in [0.05, 0.1) is 11.3 Å². The Morgan fingerprint density at radius 1 is 1.04 bits per heavy atom. The third kappa shape index (κ3) is 4.77. The minimum atomic E-state index is -0.170. The molecule has 1 N–H and O–H groups in total. The molecule has 0 saturated carbocycles. The van der Waals surface area contributed by atoms with E-state index < -0.39 is 0 Å². The zero-order valence-corrected chi connectivity index (χ0v) is 16.7. The zero-order chi connectivity index (χ0) is 19.9. The number of amides is 1. The summed E-state index contributed by atoms with van der Waals surface area (Å²) < 4.78 is 6.08. The van der Waals surface area contributed by atoms with E-state index in [-0.39, 0.29) is 5.91 Å². The number of aromatic nitrogens is 1. The number of nitrogens with zero attached hydrogens (tertiary/aromatic N) is 1. The molecule has 144 valence electrons. The fraction of sp³-hybridized carbons (Fsp3) is 0.250. The highest BCUT2D eigenvalue weighted by Crippen LogP contribution is 2.28. The van der Waals surface area contributed by atoms with Crippen LogP contribution in [0.15, 0.2) is 60.7 Å². The number of para-hydroxylation sites is 1. The summed E-state index contributed by atoms with van der Waals surface area (Å²) >= 11 is 0. The van der Waals surface area contributed by atoms with Crippen molar-refractivity contribution in [2.75, 3.05) is 5.32 Å². The first-order valence-electron chi connectivity index (χ1n) is 9.74. The number of ether oxygens (including phenoxy) is 1. The number of nitrogens with one attached hydrogen (secondary N) is 1. The quantitative estimate of drug-likeness (QED) is 0.556. The van der Waals surface area contributed by atoms with E-state index in [4.69, 9.17) is 4.74 Å². The van der Waals surface area contributed by atoms with Crippen molar-refractivity contribution in [1.82, 2.24) is 4.98 Å². The predicted molar refractivity (Wildman–Crippen MR) is 113 cm³/mol. The van der Waals surface area contributed by atoms with Crippen LogP contribution >= 0.6 is 0 Å². The van der Waals surface area contributed by atoms with Gasteiger partial charge in [0.15, 0.2) is 0 Å². The summed E-state index contributed by atoms with van der Waals surface area (Å²) in [4.78, 5) is 17.1. The van der Waals surface area contributed by atoms with Crippen LogP contribution < -0.4 is 10.1 Å². The Labute approximate surface area is 166 Å². The smallest absolute Gasteiger partial charge is 0.257 e. The van der Waals surface area contributed by atoms with Crippen LogP contribution in [0.4, 0.5) is 5.69 Å². The second-order valence-electron chi connectivity index (χ2n) is 6.73. The van der Waals surface area contributed by atoms with Gasteiger partial charge in [-0.05, 0) is 55.7 Å². The summed E-state index contributed by atoms with van der Waals surface area (Å²) in [6.07, 6.45) is 2.87. The zero-order valence-electron chi connectivity index (χ0n) is 16.7. The number of aryl methyl sites for hydroxylation is 3. The molecule has 2 aromatic carbocycles. The molecule has 0 atom stereocenters. The fourth-order valence-corrected chi connectivity index (χ4v) is 3.09. The predicted octanol–water partition coefficient (Wildman–Crippen LogP) is 5.95. The van der Waals surface area contributed by atoms with Crippen molar-refractivity contribution in [2.24, 2.45) is 0 Å². The SMILES string of the molecule is CCCc1ccccc1Oc1cccc(NC(=O)c2ccc(CC)nc2C)c1. The number of pyridine rings is 1. The lowest BCUT2D eigenvalue weighted by Crippen LogP contribution is -2.14. The van der Waals surface area contributed by atoms with E-state index in [2.05, 4.69) is 23.3 Å². The van der Waals surface area contributed by atoms with Crippen molar-refractivity contribution >= 4 is 11.6 Å². The molecule has 4 heteroatoms. The Morgan fingerprint density at radius 3 is 2.61 bits per heavy atom. The average molecular weight is 374 g/mol. The van der Waals surface area contributed by atoms with Crippen LogP contribution in [0.1, 0.15) is 47.6 Å². The standard InChI is InChI=1S/C24H26N2O2/c1-4-9-18-10-6-7-13-23(18)28-21-12-8-11-20(16-21)26-24(27)22-15-14-19(5-2)25-17(22)3/h6-8,10-16H,4-5,9H2,1-3H3,(H,26,27). The van der Waals surface area contributed by atoms with Crippen molar-refractivity contribution < 1.29 is 9.53 Å². The average Bonchev–Trinajstić information content (AvgIpc) is 2.69. The van der Waals surface area contributed by atoms with Crippen molar-refractivity contribution in [2.45, 2.75) is 40.0 Å². The lowest BCUT2D eigenvalue weighted by Gasteiger charge is -2.12. The van der Waals surface area contributed by atoms with Gasteiger partial charge in [0.25, 0.3) is 5.91 Å². The topological polar surface area (TPSA) is 51.2 Å². The highest BCUT2D eigenvalue weighted by Gasteiger charge is 2.12. The Kier molecular flexibility index (Phi) is 6.43. The molecule has 1 aromatic heterocycles. The van der Waals surface area contributed by atoms with E-state index in [0.29, 0.717) is 17.0 Å². The molecule has 0 fully saturated rings. The van der Waals surface area contributed by atoms with Crippen LogP contribution in [0.3, 0.4) is 0 Å². The number of hydrogen-bond acceptors (Lipinski definition) is 3.